The maximum Gasteiger partial charge on any atom is 0.429 e. The molecule has 3 N–H and O–H groups in total. The number of nitrogens with zero attached hydrogens (tertiary/aromatic N) is 3. The molecule has 0 saturated carbocycles. The lowest BCUT2D eigenvalue weighted by molar-refractivity contribution is -0.198. The van der Waals surface area contributed by atoms with E-state index in [0.29, 0.717) is 28.3 Å². The van der Waals surface area contributed by atoms with Gasteiger partial charge < -0.3 is 20.3 Å². The van der Waals surface area contributed by atoms with E-state index in [2.05, 4.69) is 15.0 Å². The summed E-state index contributed by atoms with van der Waals surface area (Å²) >= 11 is 0. The van der Waals surface area contributed by atoms with Gasteiger partial charge in [-0.05, 0) is 36.2 Å². The number of carboxylic acids is 1. The Morgan fingerprint density at radius 1 is 1.00 bits per heavy atom. The number of aromatic nitrogens is 3. The van der Waals surface area contributed by atoms with Crippen LogP contribution in [0.2, 0.25) is 0 Å². The fraction of sp³-hybridized carbons (Fsp3) is 0.154. The van der Waals surface area contributed by atoms with Crippen molar-refractivity contribution >= 4 is 5.97 Å². The third kappa shape index (κ3) is 6.79. The first-order valence-corrected chi connectivity index (χ1v) is 11.0. The van der Waals surface area contributed by atoms with Crippen molar-refractivity contribution in [2.45, 2.75) is 24.7 Å². The molecule has 2 unspecified atom stereocenters. The van der Waals surface area contributed by atoms with Gasteiger partial charge in [0.15, 0.2) is 0 Å². The van der Waals surface area contributed by atoms with Crippen LogP contribution in [0.3, 0.4) is 0 Å². The first kappa shape index (κ1) is 25.6. The number of halogens is 3. The smallest absolute Gasteiger partial charge is 0.429 e. The first-order chi connectivity index (χ1) is 17.7. The van der Waals surface area contributed by atoms with Crippen molar-refractivity contribution in [3.63, 3.8) is 0 Å². The minimum atomic E-state index is -4.72. The van der Waals surface area contributed by atoms with Crippen molar-refractivity contribution in [2.24, 2.45) is 5.73 Å². The molecular formula is C26H21F3N4O4. The molecule has 0 spiro atoms. The van der Waals surface area contributed by atoms with Crippen LogP contribution in [0, 0.1) is 0 Å². The van der Waals surface area contributed by atoms with Gasteiger partial charge in [0, 0.05) is 23.4 Å². The summed E-state index contributed by atoms with van der Waals surface area (Å²) in [7, 11) is 0. The second-order valence-electron chi connectivity index (χ2n) is 7.99. The van der Waals surface area contributed by atoms with Crippen molar-refractivity contribution in [2.75, 3.05) is 0 Å². The lowest BCUT2D eigenvalue weighted by atomic mass is 10.0. The molecule has 0 amide bonds. The van der Waals surface area contributed by atoms with Crippen LogP contribution in [-0.2, 0) is 11.2 Å². The quantitative estimate of drug-likeness (QED) is 0.324. The summed E-state index contributed by atoms with van der Waals surface area (Å²) in [6.45, 7) is 0. The standard InChI is InChI=1S/C26H21F3N4O4/c27-26(28,29)24(18-7-9-19(10-8-18)36-20-2-1-11-31-14-20)37-23-13-22(32-15-33-23)17-5-3-16(4-6-17)12-21(30)25(34)35/h1-11,13-15,21,24H,12,30H2,(H,34,35). The molecule has 0 aliphatic rings. The molecule has 2 heterocycles. The van der Waals surface area contributed by atoms with Gasteiger partial charge in [0.25, 0.3) is 0 Å². The van der Waals surface area contributed by atoms with Crippen molar-refractivity contribution in [3.8, 4) is 28.6 Å². The SMILES string of the molecule is NC(Cc1ccc(-c2cc(OC(c3ccc(Oc4cccnc4)cc3)C(F)(F)F)ncn2)cc1)C(=O)O. The molecule has 0 saturated heterocycles. The highest BCUT2D eigenvalue weighted by molar-refractivity contribution is 5.73. The zero-order valence-electron chi connectivity index (χ0n) is 19.2. The highest BCUT2D eigenvalue weighted by Gasteiger charge is 2.43. The van der Waals surface area contributed by atoms with Gasteiger partial charge >= 0.3 is 12.1 Å². The third-order valence-corrected chi connectivity index (χ3v) is 5.25. The molecule has 0 fully saturated rings. The van der Waals surface area contributed by atoms with Crippen LogP contribution in [0.5, 0.6) is 17.4 Å². The summed E-state index contributed by atoms with van der Waals surface area (Å²) < 4.78 is 52.6. The molecule has 2 atom stereocenters. The van der Waals surface area contributed by atoms with Crippen LogP contribution in [0.25, 0.3) is 11.3 Å². The molecule has 0 aliphatic heterocycles. The molecule has 2 aromatic heterocycles. The van der Waals surface area contributed by atoms with Crippen LogP contribution in [0.4, 0.5) is 13.2 Å². The van der Waals surface area contributed by atoms with E-state index in [1.165, 1.54) is 36.5 Å². The number of carboxylic acid groups (broad SMARTS) is 1. The summed E-state index contributed by atoms with van der Waals surface area (Å²) in [5.74, 6) is -0.587. The number of alkyl halides is 3. The summed E-state index contributed by atoms with van der Waals surface area (Å²) in [6, 6.07) is 15.7. The van der Waals surface area contributed by atoms with E-state index in [1.54, 1.807) is 42.6 Å². The zero-order valence-corrected chi connectivity index (χ0v) is 19.2. The van der Waals surface area contributed by atoms with Gasteiger partial charge in [-0.3, -0.25) is 9.78 Å². The Morgan fingerprint density at radius 2 is 1.73 bits per heavy atom. The van der Waals surface area contributed by atoms with E-state index in [1.807, 2.05) is 0 Å². The predicted octanol–water partition coefficient (Wildman–Crippen LogP) is 4.97. The number of aliphatic carboxylic acids is 1. The second kappa shape index (κ2) is 11.0. The van der Waals surface area contributed by atoms with Crippen LogP contribution in [0.15, 0.2) is 85.5 Å². The third-order valence-electron chi connectivity index (χ3n) is 5.25. The Bertz CT molecular complexity index is 1330. The average molecular weight is 510 g/mol. The predicted molar refractivity (Wildman–Crippen MR) is 127 cm³/mol. The lowest BCUT2D eigenvalue weighted by Crippen LogP contribution is -2.32. The minimum Gasteiger partial charge on any atom is -0.480 e. The van der Waals surface area contributed by atoms with Crippen LogP contribution >= 0.6 is 0 Å². The summed E-state index contributed by atoms with van der Waals surface area (Å²) in [5.41, 5.74) is 7.03. The maximum absolute atomic E-state index is 13.9. The molecule has 0 aliphatic carbocycles. The molecule has 0 radical (unpaired) electrons. The van der Waals surface area contributed by atoms with Gasteiger partial charge in [-0.2, -0.15) is 13.2 Å². The van der Waals surface area contributed by atoms with Gasteiger partial charge in [-0.1, -0.05) is 36.4 Å². The fourth-order valence-corrected chi connectivity index (χ4v) is 3.41. The molecular weight excluding hydrogens is 489 g/mol. The monoisotopic (exact) mass is 510 g/mol. The fourth-order valence-electron chi connectivity index (χ4n) is 3.41. The van der Waals surface area contributed by atoms with Gasteiger partial charge in [0.05, 0.1) is 11.9 Å². The number of nitrogens with two attached hydrogens (primary N) is 1. The maximum atomic E-state index is 13.9. The summed E-state index contributed by atoms with van der Waals surface area (Å²) in [4.78, 5) is 22.8. The largest absolute Gasteiger partial charge is 0.480 e. The van der Waals surface area contributed by atoms with Crippen molar-refractivity contribution in [3.05, 3.63) is 96.6 Å². The first-order valence-electron chi connectivity index (χ1n) is 11.0. The molecule has 4 aromatic rings. The zero-order chi connectivity index (χ0) is 26.4. The van der Waals surface area contributed by atoms with Crippen molar-refractivity contribution < 1.29 is 32.5 Å². The van der Waals surface area contributed by atoms with Crippen molar-refractivity contribution in [1.82, 2.24) is 15.0 Å². The Balaban J connectivity index is 1.50. The molecule has 4 rings (SSSR count). The van der Waals surface area contributed by atoms with Crippen LogP contribution < -0.4 is 15.2 Å². The molecule has 8 nitrogen and oxygen atoms in total. The van der Waals surface area contributed by atoms with Crippen molar-refractivity contribution in [1.29, 1.82) is 0 Å². The van der Waals surface area contributed by atoms with Gasteiger partial charge in [0.1, 0.15) is 23.9 Å². The number of rotatable bonds is 9. The highest BCUT2D eigenvalue weighted by Crippen LogP contribution is 2.37. The number of hydrogen-bond donors (Lipinski definition) is 2. The Labute approximate surface area is 209 Å². The molecule has 0 bridgehead atoms. The lowest BCUT2D eigenvalue weighted by Gasteiger charge is -2.22. The van der Waals surface area contributed by atoms with E-state index >= 15 is 0 Å². The Hall–Kier alpha value is -4.51. The van der Waals surface area contributed by atoms with Gasteiger partial charge in [-0.25, -0.2) is 9.97 Å². The number of benzene rings is 2. The normalized spacial score (nSPS) is 13.0. The molecule has 37 heavy (non-hydrogen) atoms. The number of hydrogen-bond acceptors (Lipinski definition) is 7. The summed E-state index contributed by atoms with van der Waals surface area (Å²) in [6.07, 6.45) is -2.69. The summed E-state index contributed by atoms with van der Waals surface area (Å²) in [5, 5.41) is 8.95. The van der Waals surface area contributed by atoms with E-state index in [0.717, 1.165) is 6.33 Å². The van der Waals surface area contributed by atoms with E-state index in [-0.39, 0.29) is 17.9 Å². The van der Waals surface area contributed by atoms with Crippen LogP contribution in [0.1, 0.15) is 17.2 Å². The highest BCUT2D eigenvalue weighted by atomic mass is 19.4. The Morgan fingerprint density at radius 3 is 2.35 bits per heavy atom. The topological polar surface area (TPSA) is 120 Å². The van der Waals surface area contributed by atoms with Crippen LogP contribution in [-0.4, -0.2) is 38.2 Å². The van der Waals surface area contributed by atoms with E-state index in [4.69, 9.17) is 20.3 Å². The minimum absolute atomic E-state index is 0.132. The molecule has 2 aromatic carbocycles. The van der Waals surface area contributed by atoms with Gasteiger partial charge in [0.2, 0.25) is 12.0 Å². The Kier molecular flexibility index (Phi) is 7.63. The van der Waals surface area contributed by atoms with Gasteiger partial charge in [-0.15, -0.1) is 0 Å². The molecule has 190 valence electrons. The van der Waals surface area contributed by atoms with E-state index in [9.17, 15) is 18.0 Å². The average Bonchev–Trinajstić information content (AvgIpc) is 2.88. The second-order valence-corrected chi connectivity index (χ2v) is 7.99. The molecule has 11 heteroatoms. The number of carbonyl (C=O) groups is 1. The number of ether oxygens (including phenoxy) is 2. The van der Waals surface area contributed by atoms with E-state index < -0.39 is 24.3 Å². The number of pyridine rings is 1.